The number of nitrogens with one attached hydrogen (secondary N) is 1. The topological polar surface area (TPSA) is 66.5 Å². The van der Waals surface area contributed by atoms with Gasteiger partial charge in [-0.1, -0.05) is 29.8 Å². The summed E-state index contributed by atoms with van der Waals surface area (Å²) in [5, 5.41) is 3.03. The fourth-order valence-electron chi connectivity index (χ4n) is 3.05. The zero-order valence-corrected chi connectivity index (χ0v) is 15.6. The van der Waals surface area contributed by atoms with Crippen molar-refractivity contribution in [2.45, 2.75) is 24.3 Å². The van der Waals surface area contributed by atoms with Crippen LogP contribution in [0.15, 0.2) is 47.4 Å². The van der Waals surface area contributed by atoms with Crippen molar-refractivity contribution >= 4 is 38.7 Å². The molecule has 0 saturated heterocycles. The maximum Gasteiger partial charge on any atom is 0.243 e. The second kappa shape index (κ2) is 6.69. The molecule has 1 N–H and O–H groups in total. The third-order valence-electron chi connectivity index (χ3n) is 4.30. The van der Waals surface area contributed by atoms with E-state index in [1.165, 1.54) is 23.8 Å². The molecule has 1 unspecified atom stereocenters. The first-order chi connectivity index (χ1) is 11.8. The van der Waals surface area contributed by atoms with Crippen LogP contribution in [-0.2, 0) is 21.1 Å². The number of sulfone groups is 1. The Bertz CT molecular complexity index is 928. The third-order valence-corrected chi connectivity index (χ3v) is 5.74. The number of anilines is 2. The number of hydrogen-bond donors (Lipinski definition) is 1. The number of benzene rings is 2. The Hall–Kier alpha value is -2.05. The van der Waals surface area contributed by atoms with Crippen molar-refractivity contribution in [2.75, 3.05) is 23.0 Å². The van der Waals surface area contributed by atoms with Gasteiger partial charge in [0.1, 0.15) is 0 Å². The molecule has 2 aromatic rings. The van der Waals surface area contributed by atoms with Crippen LogP contribution in [0.2, 0.25) is 5.02 Å². The van der Waals surface area contributed by atoms with Gasteiger partial charge in [0.2, 0.25) is 5.91 Å². The first-order valence-electron chi connectivity index (χ1n) is 7.89. The normalized spacial score (nSPS) is 16.6. The molecule has 1 amide bonds. The molecule has 3 rings (SSSR count). The highest BCUT2D eigenvalue weighted by molar-refractivity contribution is 7.90. The van der Waals surface area contributed by atoms with Gasteiger partial charge in [-0.2, -0.15) is 0 Å². The Morgan fingerprint density at radius 1 is 1.28 bits per heavy atom. The summed E-state index contributed by atoms with van der Waals surface area (Å²) in [6, 6.07) is 12.5. The summed E-state index contributed by atoms with van der Waals surface area (Å²) >= 11 is 6.09. The first kappa shape index (κ1) is 17.8. The van der Waals surface area contributed by atoms with Crippen LogP contribution in [0, 0.1) is 0 Å². The average molecular weight is 379 g/mol. The minimum Gasteiger partial charge on any atom is -0.359 e. The average Bonchev–Trinajstić information content (AvgIpc) is 2.84. The molecule has 0 spiro atoms. The predicted molar refractivity (Wildman–Crippen MR) is 100 cm³/mol. The fourth-order valence-corrected chi connectivity index (χ4v) is 3.86. The van der Waals surface area contributed by atoms with Crippen LogP contribution in [0.3, 0.4) is 0 Å². The number of carbonyl (C=O) groups excluding carboxylic acids is 1. The molecule has 0 radical (unpaired) electrons. The molecule has 0 aliphatic carbocycles. The molecular weight excluding hydrogens is 360 g/mol. The van der Waals surface area contributed by atoms with E-state index in [4.69, 9.17) is 11.6 Å². The third kappa shape index (κ3) is 3.80. The van der Waals surface area contributed by atoms with Gasteiger partial charge in [-0.15, -0.1) is 0 Å². The minimum atomic E-state index is -3.37. The zero-order chi connectivity index (χ0) is 18.2. The van der Waals surface area contributed by atoms with Crippen LogP contribution in [0.25, 0.3) is 0 Å². The van der Waals surface area contributed by atoms with Gasteiger partial charge < -0.3 is 10.2 Å². The Kier molecular flexibility index (Phi) is 4.75. The van der Waals surface area contributed by atoms with Gasteiger partial charge in [0, 0.05) is 18.0 Å². The molecule has 1 heterocycles. The van der Waals surface area contributed by atoms with Crippen molar-refractivity contribution in [3.8, 4) is 0 Å². The smallest absolute Gasteiger partial charge is 0.243 e. The summed E-state index contributed by atoms with van der Waals surface area (Å²) in [4.78, 5) is 14.6. The molecule has 0 bridgehead atoms. The lowest BCUT2D eigenvalue weighted by molar-refractivity contribution is -0.115. The number of para-hydroxylation sites is 1. The van der Waals surface area contributed by atoms with Gasteiger partial charge >= 0.3 is 0 Å². The lowest BCUT2D eigenvalue weighted by Crippen LogP contribution is -2.37. The van der Waals surface area contributed by atoms with E-state index in [1.54, 1.807) is 0 Å². The van der Waals surface area contributed by atoms with Crippen LogP contribution in [0.4, 0.5) is 11.4 Å². The number of rotatable bonds is 4. The number of nitrogens with zero attached hydrogens (tertiary/aromatic N) is 1. The van der Waals surface area contributed by atoms with Crippen molar-refractivity contribution in [1.29, 1.82) is 0 Å². The van der Waals surface area contributed by atoms with E-state index >= 15 is 0 Å². The van der Waals surface area contributed by atoms with Gasteiger partial charge in [0.15, 0.2) is 9.84 Å². The lowest BCUT2D eigenvalue weighted by atomic mass is 10.1. The first-order valence-corrected chi connectivity index (χ1v) is 10.2. The van der Waals surface area contributed by atoms with Crippen molar-refractivity contribution in [3.63, 3.8) is 0 Å². The molecule has 25 heavy (non-hydrogen) atoms. The van der Waals surface area contributed by atoms with Crippen LogP contribution in [0.5, 0.6) is 0 Å². The van der Waals surface area contributed by atoms with Gasteiger partial charge in [0.05, 0.1) is 22.2 Å². The molecule has 7 heteroatoms. The molecule has 5 nitrogen and oxygen atoms in total. The molecule has 132 valence electrons. The largest absolute Gasteiger partial charge is 0.359 e. The summed E-state index contributed by atoms with van der Waals surface area (Å²) in [6.07, 6.45) is 2.01. The summed E-state index contributed by atoms with van der Waals surface area (Å²) in [6.45, 7) is 2.25. The number of halogens is 1. The van der Waals surface area contributed by atoms with E-state index in [9.17, 15) is 13.2 Å². The molecule has 0 fully saturated rings. The predicted octanol–water partition coefficient (Wildman–Crippen LogP) is 3.13. The molecule has 1 atom stereocenters. The van der Waals surface area contributed by atoms with E-state index in [0.717, 1.165) is 18.4 Å². The Labute approximate surface area is 152 Å². The van der Waals surface area contributed by atoms with Crippen molar-refractivity contribution in [1.82, 2.24) is 0 Å². The van der Waals surface area contributed by atoms with Crippen LogP contribution < -0.4 is 10.2 Å². The van der Waals surface area contributed by atoms with Crippen molar-refractivity contribution < 1.29 is 13.2 Å². The maximum atomic E-state index is 12.5. The highest BCUT2D eigenvalue weighted by Gasteiger charge is 2.27. The second-order valence-corrected chi connectivity index (χ2v) is 8.69. The van der Waals surface area contributed by atoms with Crippen LogP contribution in [0.1, 0.15) is 12.5 Å². The minimum absolute atomic E-state index is 0.118. The summed E-state index contributed by atoms with van der Waals surface area (Å²) in [5.41, 5.74) is 2.58. The molecule has 0 aromatic heterocycles. The van der Waals surface area contributed by atoms with E-state index in [0.29, 0.717) is 10.7 Å². The molecule has 2 aromatic carbocycles. The van der Waals surface area contributed by atoms with Crippen LogP contribution >= 0.6 is 11.6 Å². The summed E-state index contributed by atoms with van der Waals surface area (Å²) in [5.74, 6) is -0.240. The van der Waals surface area contributed by atoms with Crippen molar-refractivity contribution in [2.24, 2.45) is 0 Å². The van der Waals surface area contributed by atoms with E-state index in [1.807, 2.05) is 23.1 Å². The highest BCUT2D eigenvalue weighted by Crippen LogP contribution is 2.31. The Morgan fingerprint density at radius 2 is 2.00 bits per heavy atom. The molecule has 0 saturated carbocycles. The molecule has 1 aliphatic rings. The molecular formula is C18H19ClN2O3S. The lowest BCUT2D eigenvalue weighted by Gasteiger charge is -2.24. The van der Waals surface area contributed by atoms with Crippen molar-refractivity contribution in [3.05, 3.63) is 53.1 Å². The Balaban J connectivity index is 1.78. The number of amides is 1. The second-order valence-electron chi connectivity index (χ2n) is 6.27. The number of hydrogen-bond acceptors (Lipinski definition) is 4. The van der Waals surface area contributed by atoms with Gasteiger partial charge in [0.25, 0.3) is 0 Å². The standard InChI is InChI=1S/C18H19ClN2O3S/c1-12-9-13-5-3-4-6-17(13)21(12)11-18(22)20-16-10-14(25(2,23)24)7-8-15(16)19/h3-8,10,12H,9,11H2,1-2H3,(H,20,22). The monoisotopic (exact) mass is 378 g/mol. The maximum absolute atomic E-state index is 12.5. The van der Waals surface area contributed by atoms with E-state index in [-0.39, 0.29) is 23.4 Å². The zero-order valence-electron chi connectivity index (χ0n) is 14.0. The highest BCUT2D eigenvalue weighted by atomic mass is 35.5. The Morgan fingerprint density at radius 3 is 2.72 bits per heavy atom. The molecule has 1 aliphatic heterocycles. The van der Waals surface area contributed by atoms with Gasteiger partial charge in [-0.3, -0.25) is 4.79 Å². The van der Waals surface area contributed by atoms with Gasteiger partial charge in [-0.05, 0) is 43.2 Å². The fraction of sp³-hybridized carbons (Fsp3) is 0.278. The number of carbonyl (C=O) groups is 1. The number of fused-ring (bicyclic) bond motifs is 1. The van der Waals surface area contributed by atoms with E-state index in [2.05, 4.69) is 18.3 Å². The summed E-state index contributed by atoms with van der Waals surface area (Å²) in [7, 11) is -3.37. The SMILES string of the molecule is CC1Cc2ccccc2N1CC(=O)Nc1cc(S(C)(=O)=O)ccc1Cl. The quantitative estimate of drug-likeness (QED) is 0.887. The van der Waals surface area contributed by atoms with Crippen LogP contribution in [-0.4, -0.2) is 33.2 Å². The summed E-state index contributed by atoms with van der Waals surface area (Å²) < 4.78 is 23.4. The van der Waals surface area contributed by atoms with E-state index < -0.39 is 9.84 Å². The van der Waals surface area contributed by atoms with Gasteiger partial charge in [-0.25, -0.2) is 8.42 Å².